The first-order valence-corrected chi connectivity index (χ1v) is 6.14. The van der Waals surface area contributed by atoms with Gasteiger partial charge in [-0.05, 0) is 42.5 Å². The highest BCUT2D eigenvalue weighted by atomic mass is 14.7. The third-order valence-electron chi connectivity index (χ3n) is 3.21. The number of hydrogen-bond acceptors (Lipinski definition) is 1. The van der Waals surface area contributed by atoms with Crippen molar-refractivity contribution < 1.29 is 0 Å². The maximum absolute atomic E-state index is 4.78. The smallest absolute Gasteiger partial charge is 0.0633 e. The van der Waals surface area contributed by atoms with Gasteiger partial charge < -0.3 is 0 Å². The van der Waals surface area contributed by atoms with E-state index in [1.54, 1.807) is 0 Å². The summed E-state index contributed by atoms with van der Waals surface area (Å²) in [6, 6.07) is 18.8. The minimum absolute atomic E-state index is 1.05. The molecule has 0 heterocycles. The van der Waals surface area contributed by atoms with Gasteiger partial charge in [0.2, 0.25) is 0 Å². The lowest BCUT2D eigenvalue weighted by molar-refractivity contribution is 0.839. The molecule has 1 aliphatic carbocycles. The summed E-state index contributed by atoms with van der Waals surface area (Å²) in [5.41, 5.74) is 5.06. The summed E-state index contributed by atoms with van der Waals surface area (Å²) >= 11 is 0. The molecular weight excluding hydrogens is 206 g/mol. The highest BCUT2D eigenvalue weighted by Crippen LogP contribution is 2.24. The molecule has 0 N–H and O–H groups in total. The van der Waals surface area contributed by atoms with Crippen molar-refractivity contribution in [2.45, 2.75) is 19.3 Å². The Morgan fingerprint density at radius 3 is 2.41 bits per heavy atom. The summed E-state index contributed by atoms with van der Waals surface area (Å²) in [6.45, 7) is 0. The maximum atomic E-state index is 4.78. The number of aliphatic imine (C=N–C) groups is 1. The topological polar surface area (TPSA) is 12.4 Å². The van der Waals surface area contributed by atoms with Gasteiger partial charge in [0, 0.05) is 5.71 Å². The Balaban J connectivity index is 2.03. The molecule has 1 heteroatoms. The average molecular weight is 221 g/mol. The second-order valence-corrected chi connectivity index (χ2v) is 4.40. The van der Waals surface area contributed by atoms with E-state index in [0.29, 0.717) is 0 Å². The van der Waals surface area contributed by atoms with Gasteiger partial charge >= 0.3 is 0 Å². The molecule has 0 atom stereocenters. The van der Waals surface area contributed by atoms with Crippen LogP contribution in [-0.4, -0.2) is 5.71 Å². The number of aryl methyl sites for hydroxylation is 1. The van der Waals surface area contributed by atoms with Gasteiger partial charge in [-0.1, -0.05) is 42.5 Å². The Kier molecular flexibility index (Phi) is 2.74. The highest BCUT2D eigenvalue weighted by Gasteiger charge is 2.14. The van der Waals surface area contributed by atoms with Crippen LogP contribution in [0.25, 0.3) is 0 Å². The Morgan fingerprint density at radius 1 is 0.765 bits per heavy atom. The number of nitrogens with zero attached hydrogens (tertiary/aromatic N) is 1. The lowest BCUT2D eigenvalue weighted by Crippen LogP contribution is -2.11. The van der Waals surface area contributed by atoms with Crippen molar-refractivity contribution in [1.29, 1.82) is 0 Å². The van der Waals surface area contributed by atoms with Crippen LogP contribution < -0.4 is 0 Å². The van der Waals surface area contributed by atoms with E-state index >= 15 is 0 Å². The van der Waals surface area contributed by atoms with E-state index in [-0.39, 0.29) is 0 Å². The minimum atomic E-state index is 1.05. The van der Waals surface area contributed by atoms with Crippen molar-refractivity contribution in [2.75, 3.05) is 0 Å². The molecule has 0 aromatic heterocycles. The number of hydrogen-bond donors (Lipinski definition) is 0. The van der Waals surface area contributed by atoms with E-state index in [1.165, 1.54) is 29.7 Å². The molecule has 0 aliphatic heterocycles. The molecule has 1 nitrogen and oxygen atoms in total. The lowest BCUT2D eigenvalue weighted by Gasteiger charge is -2.17. The van der Waals surface area contributed by atoms with Gasteiger partial charge in [0.05, 0.1) is 5.69 Å². The van der Waals surface area contributed by atoms with Gasteiger partial charge in [-0.15, -0.1) is 0 Å². The Labute approximate surface area is 102 Å². The predicted molar refractivity (Wildman–Crippen MR) is 72.0 cm³/mol. The molecule has 0 saturated heterocycles. The van der Waals surface area contributed by atoms with Gasteiger partial charge in [-0.2, -0.15) is 0 Å². The van der Waals surface area contributed by atoms with Crippen LogP contribution >= 0.6 is 0 Å². The molecular formula is C16H15N. The summed E-state index contributed by atoms with van der Waals surface area (Å²) < 4.78 is 0. The summed E-state index contributed by atoms with van der Waals surface area (Å²) in [7, 11) is 0. The van der Waals surface area contributed by atoms with Crippen LogP contribution in [0.1, 0.15) is 24.0 Å². The third-order valence-corrected chi connectivity index (χ3v) is 3.21. The van der Waals surface area contributed by atoms with Gasteiger partial charge in [-0.3, -0.25) is 4.99 Å². The van der Waals surface area contributed by atoms with Crippen LogP contribution in [-0.2, 0) is 6.42 Å². The van der Waals surface area contributed by atoms with E-state index in [2.05, 4.69) is 36.4 Å². The second-order valence-electron chi connectivity index (χ2n) is 4.40. The van der Waals surface area contributed by atoms with Gasteiger partial charge in [-0.25, -0.2) is 0 Å². The standard InChI is InChI=1S/C16H15N/c1-2-9-14(10-3-1)17-16-12-6-8-13-7-4-5-11-15(13)16/h1-5,7,9-11H,6,8,12H2. The number of fused-ring (bicyclic) bond motifs is 1. The van der Waals surface area contributed by atoms with Crippen LogP contribution in [0.15, 0.2) is 59.6 Å². The number of para-hydroxylation sites is 1. The Morgan fingerprint density at radius 2 is 1.53 bits per heavy atom. The fourth-order valence-electron chi connectivity index (χ4n) is 2.38. The Bertz CT molecular complexity index is 540. The lowest BCUT2D eigenvalue weighted by atomic mass is 9.90. The van der Waals surface area contributed by atoms with Crippen LogP contribution in [0.3, 0.4) is 0 Å². The quantitative estimate of drug-likeness (QED) is 0.686. The number of rotatable bonds is 1. The molecule has 17 heavy (non-hydrogen) atoms. The van der Waals surface area contributed by atoms with Crippen molar-refractivity contribution in [3.05, 3.63) is 65.7 Å². The SMILES string of the molecule is c1ccc(N=C2CCCc3ccccc32)cc1. The predicted octanol–water partition coefficient (Wildman–Crippen LogP) is 4.14. The summed E-state index contributed by atoms with van der Waals surface area (Å²) in [4.78, 5) is 4.78. The summed E-state index contributed by atoms with van der Waals surface area (Å²) in [5.74, 6) is 0. The molecule has 0 radical (unpaired) electrons. The van der Waals surface area contributed by atoms with Crippen LogP contribution in [0.2, 0.25) is 0 Å². The first kappa shape index (κ1) is 10.3. The molecule has 2 aromatic carbocycles. The molecule has 3 rings (SSSR count). The number of benzene rings is 2. The van der Waals surface area contributed by atoms with Crippen molar-refractivity contribution in [3.63, 3.8) is 0 Å². The monoisotopic (exact) mass is 221 g/mol. The normalized spacial score (nSPS) is 16.8. The molecule has 0 fully saturated rings. The molecule has 0 spiro atoms. The van der Waals surface area contributed by atoms with E-state index in [9.17, 15) is 0 Å². The van der Waals surface area contributed by atoms with E-state index in [0.717, 1.165) is 12.1 Å². The molecule has 0 unspecified atom stereocenters. The molecule has 2 aromatic rings. The molecule has 1 aliphatic rings. The van der Waals surface area contributed by atoms with Crippen molar-refractivity contribution >= 4 is 11.4 Å². The van der Waals surface area contributed by atoms with Crippen molar-refractivity contribution in [3.8, 4) is 0 Å². The van der Waals surface area contributed by atoms with Crippen molar-refractivity contribution in [2.24, 2.45) is 4.99 Å². The largest absolute Gasteiger partial charge is 0.253 e. The Hall–Kier alpha value is -1.89. The fourth-order valence-corrected chi connectivity index (χ4v) is 2.38. The van der Waals surface area contributed by atoms with E-state index < -0.39 is 0 Å². The van der Waals surface area contributed by atoms with E-state index in [1.807, 2.05) is 18.2 Å². The molecule has 0 saturated carbocycles. The minimum Gasteiger partial charge on any atom is -0.253 e. The first-order valence-electron chi connectivity index (χ1n) is 6.14. The van der Waals surface area contributed by atoms with E-state index in [4.69, 9.17) is 4.99 Å². The summed E-state index contributed by atoms with van der Waals surface area (Å²) in [6.07, 6.45) is 3.48. The van der Waals surface area contributed by atoms with Gasteiger partial charge in [0.25, 0.3) is 0 Å². The van der Waals surface area contributed by atoms with Crippen LogP contribution in [0.5, 0.6) is 0 Å². The second kappa shape index (κ2) is 4.54. The zero-order valence-electron chi connectivity index (χ0n) is 9.76. The molecule has 0 amide bonds. The first-order chi connectivity index (χ1) is 8.43. The molecule has 84 valence electrons. The van der Waals surface area contributed by atoms with Crippen LogP contribution in [0, 0.1) is 0 Å². The average Bonchev–Trinajstić information content (AvgIpc) is 2.40. The third kappa shape index (κ3) is 2.14. The van der Waals surface area contributed by atoms with Crippen LogP contribution in [0.4, 0.5) is 5.69 Å². The van der Waals surface area contributed by atoms with Gasteiger partial charge in [0.1, 0.15) is 0 Å². The zero-order chi connectivity index (χ0) is 11.5. The summed E-state index contributed by atoms with van der Waals surface area (Å²) in [5, 5.41) is 0. The zero-order valence-corrected chi connectivity index (χ0v) is 9.76. The van der Waals surface area contributed by atoms with Crippen molar-refractivity contribution in [1.82, 2.24) is 0 Å². The fraction of sp³-hybridized carbons (Fsp3) is 0.188. The molecule has 0 bridgehead atoms. The highest BCUT2D eigenvalue weighted by molar-refractivity contribution is 6.04. The maximum Gasteiger partial charge on any atom is 0.0633 e. The van der Waals surface area contributed by atoms with Gasteiger partial charge in [0.15, 0.2) is 0 Å².